The molecule has 0 radical (unpaired) electrons. The molecule has 2 fully saturated rings. The fraction of sp³-hybridized carbons (Fsp3) is 0.524. The lowest BCUT2D eigenvalue weighted by atomic mass is 10.1. The van der Waals surface area contributed by atoms with Gasteiger partial charge in [0.2, 0.25) is 5.91 Å². The lowest BCUT2D eigenvalue weighted by molar-refractivity contribution is -0.117. The Hall–Kier alpha value is -2.94. The van der Waals surface area contributed by atoms with Crippen LogP contribution in [0.3, 0.4) is 0 Å². The molecule has 30 heavy (non-hydrogen) atoms. The van der Waals surface area contributed by atoms with Gasteiger partial charge in [0, 0.05) is 51.5 Å². The minimum atomic E-state index is -0.136. The quantitative estimate of drug-likeness (QED) is 0.800. The molecule has 9 heteroatoms. The van der Waals surface area contributed by atoms with Gasteiger partial charge in [-0.05, 0) is 38.3 Å². The molecule has 0 bridgehead atoms. The molecule has 2 saturated heterocycles. The number of piperidine rings is 1. The highest BCUT2D eigenvalue weighted by Gasteiger charge is 2.27. The second-order valence-corrected chi connectivity index (χ2v) is 7.86. The number of piperazine rings is 1. The topological polar surface area (TPSA) is 94.8 Å². The maximum Gasteiger partial charge on any atom is 0.257 e. The molecule has 2 aromatic heterocycles. The zero-order valence-corrected chi connectivity index (χ0v) is 17.3. The van der Waals surface area contributed by atoms with Crippen molar-refractivity contribution in [3.8, 4) is 0 Å². The van der Waals surface area contributed by atoms with E-state index in [9.17, 15) is 9.59 Å². The van der Waals surface area contributed by atoms with E-state index in [2.05, 4.69) is 20.4 Å². The molecular formula is C21H28N6O3. The van der Waals surface area contributed by atoms with Crippen LogP contribution in [0, 0.1) is 6.92 Å². The van der Waals surface area contributed by atoms with Gasteiger partial charge >= 0.3 is 0 Å². The van der Waals surface area contributed by atoms with E-state index in [4.69, 9.17) is 4.52 Å². The molecule has 0 saturated carbocycles. The van der Waals surface area contributed by atoms with Crippen LogP contribution in [0.25, 0.3) is 0 Å². The molecule has 4 rings (SSSR count). The van der Waals surface area contributed by atoms with Gasteiger partial charge in [0.25, 0.3) is 5.91 Å². The van der Waals surface area contributed by atoms with Gasteiger partial charge in [0.15, 0.2) is 5.82 Å². The highest BCUT2D eigenvalue weighted by Crippen LogP contribution is 2.23. The number of nitrogens with one attached hydrogen (secondary N) is 1. The number of aryl methyl sites for hydroxylation is 1. The number of rotatable bonds is 5. The first kappa shape index (κ1) is 20.3. The van der Waals surface area contributed by atoms with E-state index in [1.165, 1.54) is 6.42 Å². The third-order valence-corrected chi connectivity index (χ3v) is 5.59. The molecule has 2 amide bonds. The average molecular weight is 412 g/mol. The van der Waals surface area contributed by atoms with Crippen molar-refractivity contribution in [3.05, 3.63) is 35.7 Å². The van der Waals surface area contributed by atoms with Crippen molar-refractivity contribution in [2.45, 2.75) is 26.2 Å². The Morgan fingerprint density at radius 1 is 1.10 bits per heavy atom. The van der Waals surface area contributed by atoms with Crippen LogP contribution in [-0.2, 0) is 4.79 Å². The fourth-order valence-corrected chi connectivity index (χ4v) is 4.01. The molecule has 2 aliphatic heterocycles. The van der Waals surface area contributed by atoms with Crippen molar-refractivity contribution < 1.29 is 14.1 Å². The third kappa shape index (κ3) is 4.79. The zero-order valence-electron chi connectivity index (χ0n) is 17.3. The van der Waals surface area contributed by atoms with Gasteiger partial charge < -0.3 is 19.6 Å². The van der Waals surface area contributed by atoms with E-state index < -0.39 is 0 Å². The number of amides is 2. The Kier molecular flexibility index (Phi) is 6.27. The van der Waals surface area contributed by atoms with Crippen molar-refractivity contribution in [3.63, 3.8) is 0 Å². The molecule has 0 atom stereocenters. The van der Waals surface area contributed by atoms with Crippen molar-refractivity contribution in [2.75, 3.05) is 56.0 Å². The van der Waals surface area contributed by atoms with Crippen LogP contribution in [0.2, 0.25) is 0 Å². The van der Waals surface area contributed by atoms with E-state index in [1.807, 2.05) is 21.9 Å². The summed E-state index contributed by atoms with van der Waals surface area (Å²) in [6.45, 7) is 6.41. The van der Waals surface area contributed by atoms with Crippen LogP contribution >= 0.6 is 0 Å². The number of pyridine rings is 1. The van der Waals surface area contributed by atoms with Gasteiger partial charge in [-0.15, -0.1) is 0 Å². The maximum atomic E-state index is 13.2. The zero-order chi connectivity index (χ0) is 20.9. The number of hydrogen-bond acceptors (Lipinski definition) is 7. The van der Waals surface area contributed by atoms with E-state index in [0.717, 1.165) is 31.7 Å². The molecule has 9 nitrogen and oxygen atoms in total. The number of nitrogens with zero attached hydrogens (tertiary/aromatic N) is 5. The van der Waals surface area contributed by atoms with Gasteiger partial charge in [0.05, 0.1) is 12.1 Å². The Bertz CT molecular complexity index is 884. The van der Waals surface area contributed by atoms with Crippen molar-refractivity contribution in [2.24, 2.45) is 0 Å². The summed E-state index contributed by atoms with van der Waals surface area (Å²) in [5.74, 6) is 1.75. The summed E-state index contributed by atoms with van der Waals surface area (Å²) < 4.78 is 4.96. The largest absolute Gasteiger partial charge is 0.360 e. The van der Waals surface area contributed by atoms with Crippen LogP contribution in [0.5, 0.6) is 0 Å². The Morgan fingerprint density at radius 2 is 1.87 bits per heavy atom. The summed E-state index contributed by atoms with van der Waals surface area (Å²) in [5.41, 5.74) is 0.673. The molecule has 2 aliphatic rings. The summed E-state index contributed by atoms with van der Waals surface area (Å²) in [6.07, 6.45) is 5.27. The van der Waals surface area contributed by atoms with Crippen LogP contribution in [0.1, 0.15) is 35.4 Å². The number of carbonyl (C=O) groups is 2. The summed E-state index contributed by atoms with van der Waals surface area (Å²) in [6, 6.07) is 5.38. The summed E-state index contributed by atoms with van der Waals surface area (Å²) >= 11 is 0. The van der Waals surface area contributed by atoms with Gasteiger partial charge in [0.1, 0.15) is 11.6 Å². The summed E-state index contributed by atoms with van der Waals surface area (Å²) in [4.78, 5) is 36.0. The van der Waals surface area contributed by atoms with E-state index in [-0.39, 0.29) is 18.4 Å². The monoisotopic (exact) mass is 412 g/mol. The van der Waals surface area contributed by atoms with Crippen molar-refractivity contribution in [1.29, 1.82) is 0 Å². The standard InChI is InChI=1S/C21H28N6O3/c1-16-14-18(24-30-16)23-19(28)15-25-10-12-27(13-11-25)21(29)17-6-5-7-22-20(17)26-8-3-2-4-9-26/h5-7,14H,2-4,8-13,15H2,1H3,(H,23,24,28). The van der Waals surface area contributed by atoms with Crippen LogP contribution in [0.15, 0.2) is 28.9 Å². The Balaban J connectivity index is 1.32. The van der Waals surface area contributed by atoms with Gasteiger partial charge in [-0.1, -0.05) is 5.16 Å². The minimum Gasteiger partial charge on any atom is -0.360 e. The highest BCUT2D eigenvalue weighted by atomic mass is 16.5. The predicted octanol–water partition coefficient (Wildman–Crippen LogP) is 1.76. The number of aromatic nitrogens is 2. The van der Waals surface area contributed by atoms with Crippen molar-refractivity contribution >= 4 is 23.5 Å². The molecule has 160 valence electrons. The van der Waals surface area contributed by atoms with Crippen LogP contribution < -0.4 is 10.2 Å². The normalized spacial score (nSPS) is 17.8. The molecule has 0 aromatic carbocycles. The minimum absolute atomic E-state index is 0.0193. The van der Waals surface area contributed by atoms with E-state index >= 15 is 0 Å². The van der Waals surface area contributed by atoms with Gasteiger partial charge in [-0.25, -0.2) is 4.98 Å². The number of anilines is 2. The first-order valence-electron chi connectivity index (χ1n) is 10.5. The van der Waals surface area contributed by atoms with Crippen LogP contribution in [0.4, 0.5) is 11.6 Å². The van der Waals surface area contributed by atoms with Crippen molar-refractivity contribution in [1.82, 2.24) is 19.9 Å². The fourth-order valence-electron chi connectivity index (χ4n) is 4.01. The molecule has 0 aliphatic carbocycles. The first-order chi connectivity index (χ1) is 14.6. The second kappa shape index (κ2) is 9.25. The summed E-state index contributed by atoms with van der Waals surface area (Å²) in [7, 11) is 0. The number of hydrogen-bond donors (Lipinski definition) is 1. The maximum absolute atomic E-state index is 13.2. The van der Waals surface area contributed by atoms with Gasteiger partial charge in [-0.3, -0.25) is 14.5 Å². The molecule has 1 N–H and O–H groups in total. The highest BCUT2D eigenvalue weighted by molar-refractivity contribution is 5.99. The first-order valence-corrected chi connectivity index (χ1v) is 10.5. The predicted molar refractivity (Wildman–Crippen MR) is 113 cm³/mol. The smallest absolute Gasteiger partial charge is 0.257 e. The SMILES string of the molecule is Cc1cc(NC(=O)CN2CCN(C(=O)c3cccnc3N3CCCCC3)CC2)no1. The van der Waals surface area contributed by atoms with E-state index in [1.54, 1.807) is 19.2 Å². The molecule has 2 aromatic rings. The lowest BCUT2D eigenvalue weighted by Gasteiger charge is -2.35. The number of carbonyl (C=O) groups excluding carboxylic acids is 2. The van der Waals surface area contributed by atoms with E-state index in [0.29, 0.717) is 43.3 Å². The molecule has 0 spiro atoms. The Morgan fingerprint density at radius 3 is 2.57 bits per heavy atom. The molecule has 0 unspecified atom stereocenters. The third-order valence-electron chi connectivity index (χ3n) is 5.59. The molecular weight excluding hydrogens is 384 g/mol. The average Bonchev–Trinajstić information content (AvgIpc) is 3.18. The van der Waals surface area contributed by atoms with Gasteiger partial charge in [-0.2, -0.15) is 0 Å². The van der Waals surface area contributed by atoms with Crippen LogP contribution in [-0.4, -0.2) is 77.6 Å². The Labute approximate surface area is 176 Å². The second-order valence-electron chi connectivity index (χ2n) is 7.86. The molecule has 4 heterocycles. The summed E-state index contributed by atoms with van der Waals surface area (Å²) in [5, 5.41) is 6.51. The lowest BCUT2D eigenvalue weighted by Crippen LogP contribution is -2.50.